The minimum absolute atomic E-state index is 0.401. The van der Waals surface area contributed by atoms with Gasteiger partial charge in [-0.05, 0) is 29.6 Å². The average Bonchev–Trinajstić information content (AvgIpc) is 3.10. The van der Waals surface area contributed by atoms with Gasteiger partial charge in [0.05, 0.1) is 12.1 Å². The Morgan fingerprint density at radius 1 is 1.17 bits per heavy atom. The van der Waals surface area contributed by atoms with E-state index in [0.29, 0.717) is 41.2 Å². The number of rotatable bonds is 4. The van der Waals surface area contributed by atoms with Crippen LogP contribution in [0.15, 0.2) is 39.9 Å². The SMILES string of the molecule is COc1ccc(N2CCN(S(=O)(=O)c3cccs3)CC2)cc1Cl. The molecule has 1 aliphatic rings. The number of hydrogen-bond donors (Lipinski definition) is 0. The zero-order valence-electron chi connectivity index (χ0n) is 12.6. The lowest BCUT2D eigenvalue weighted by Crippen LogP contribution is -2.48. The van der Waals surface area contributed by atoms with Gasteiger partial charge in [-0.1, -0.05) is 17.7 Å². The van der Waals surface area contributed by atoms with Gasteiger partial charge in [0.15, 0.2) is 0 Å². The van der Waals surface area contributed by atoms with E-state index in [9.17, 15) is 8.42 Å². The highest BCUT2D eigenvalue weighted by molar-refractivity contribution is 7.91. The van der Waals surface area contributed by atoms with Crippen molar-refractivity contribution in [2.75, 3.05) is 38.2 Å². The molecule has 124 valence electrons. The maximum Gasteiger partial charge on any atom is 0.252 e. The minimum atomic E-state index is -3.36. The first-order chi connectivity index (χ1) is 11.0. The molecule has 1 aromatic heterocycles. The number of benzene rings is 1. The van der Waals surface area contributed by atoms with Gasteiger partial charge >= 0.3 is 0 Å². The van der Waals surface area contributed by atoms with Crippen LogP contribution in [-0.2, 0) is 10.0 Å². The van der Waals surface area contributed by atoms with Crippen LogP contribution in [0.3, 0.4) is 0 Å². The summed E-state index contributed by atoms with van der Waals surface area (Å²) in [5.74, 6) is 0.634. The molecule has 2 aromatic rings. The van der Waals surface area contributed by atoms with Crippen LogP contribution in [0.25, 0.3) is 0 Å². The van der Waals surface area contributed by atoms with Gasteiger partial charge < -0.3 is 9.64 Å². The van der Waals surface area contributed by atoms with Gasteiger partial charge in [0.25, 0.3) is 10.0 Å². The monoisotopic (exact) mass is 372 g/mol. The Balaban J connectivity index is 1.70. The van der Waals surface area contributed by atoms with E-state index in [4.69, 9.17) is 16.3 Å². The molecule has 0 amide bonds. The summed E-state index contributed by atoms with van der Waals surface area (Å²) < 4.78 is 32.1. The summed E-state index contributed by atoms with van der Waals surface area (Å²) >= 11 is 7.41. The van der Waals surface area contributed by atoms with Crippen molar-refractivity contribution in [3.8, 4) is 5.75 Å². The highest BCUT2D eigenvalue weighted by Gasteiger charge is 2.29. The Morgan fingerprint density at radius 2 is 1.91 bits per heavy atom. The number of thiophene rings is 1. The third-order valence-corrected chi connectivity index (χ3v) is 7.40. The van der Waals surface area contributed by atoms with Crippen molar-refractivity contribution in [1.29, 1.82) is 0 Å². The molecule has 23 heavy (non-hydrogen) atoms. The number of hydrogen-bond acceptors (Lipinski definition) is 5. The van der Waals surface area contributed by atoms with E-state index in [2.05, 4.69) is 4.90 Å². The first-order valence-corrected chi connectivity index (χ1v) is 9.84. The number of anilines is 1. The van der Waals surface area contributed by atoms with E-state index in [-0.39, 0.29) is 0 Å². The molecule has 0 radical (unpaired) electrons. The largest absolute Gasteiger partial charge is 0.495 e. The third kappa shape index (κ3) is 3.33. The van der Waals surface area contributed by atoms with Gasteiger partial charge in [-0.25, -0.2) is 8.42 Å². The summed E-state index contributed by atoms with van der Waals surface area (Å²) in [6.45, 7) is 2.19. The predicted octanol–water partition coefficient (Wildman–Crippen LogP) is 2.92. The topological polar surface area (TPSA) is 49.9 Å². The number of halogens is 1. The maximum atomic E-state index is 12.5. The molecule has 0 N–H and O–H groups in total. The van der Waals surface area contributed by atoms with E-state index < -0.39 is 10.0 Å². The van der Waals surface area contributed by atoms with Crippen LogP contribution in [0.4, 0.5) is 5.69 Å². The van der Waals surface area contributed by atoms with Crippen molar-refractivity contribution in [3.05, 3.63) is 40.7 Å². The molecule has 8 heteroatoms. The lowest BCUT2D eigenvalue weighted by molar-refractivity contribution is 0.385. The Bertz CT molecular complexity index is 770. The Labute approximate surface area is 145 Å². The van der Waals surface area contributed by atoms with Crippen LogP contribution in [0.2, 0.25) is 5.02 Å². The molecule has 1 fully saturated rings. The van der Waals surface area contributed by atoms with E-state index in [0.717, 1.165) is 5.69 Å². The molecule has 1 aromatic carbocycles. The van der Waals surface area contributed by atoms with Crippen molar-refractivity contribution in [2.24, 2.45) is 0 Å². The number of methoxy groups -OCH3 is 1. The van der Waals surface area contributed by atoms with E-state index in [1.54, 1.807) is 28.9 Å². The normalized spacial score (nSPS) is 16.5. The van der Waals surface area contributed by atoms with E-state index in [1.807, 2.05) is 18.2 Å². The van der Waals surface area contributed by atoms with Gasteiger partial charge in [0.2, 0.25) is 0 Å². The van der Waals surface area contributed by atoms with E-state index in [1.165, 1.54) is 11.3 Å². The molecule has 0 unspecified atom stereocenters. The quantitative estimate of drug-likeness (QED) is 0.828. The first kappa shape index (κ1) is 16.6. The van der Waals surface area contributed by atoms with Crippen LogP contribution in [-0.4, -0.2) is 46.0 Å². The average molecular weight is 373 g/mol. The second-order valence-electron chi connectivity index (χ2n) is 5.14. The summed E-state index contributed by atoms with van der Waals surface area (Å²) in [5.41, 5.74) is 0.976. The molecule has 3 rings (SSSR count). The standard InChI is InChI=1S/C15H17ClN2O3S2/c1-21-14-5-4-12(11-13(14)16)17-6-8-18(9-7-17)23(19,20)15-3-2-10-22-15/h2-5,10-11H,6-9H2,1H3. The first-order valence-electron chi connectivity index (χ1n) is 7.14. The van der Waals surface area contributed by atoms with Gasteiger partial charge in [-0.15, -0.1) is 11.3 Å². The van der Waals surface area contributed by atoms with Crippen molar-refractivity contribution in [2.45, 2.75) is 4.21 Å². The maximum absolute atomic E-state index is 12.5. The van der Waals surface area contributed by atoms with Crippen molar-refractivity contribution >= 4 is 38.6 Å². The van der Waals surface area contributed by atoms with Crippen molar-refractivity contribution in [1.82, 2.24) is 4.31 Å². The fourth-order valence-corrected chi connectivity index (χ4v) is 5.39. The molecule has 2 heterocycles. The number of ether oxygens (including phenoxy) is 1. The highest BCUT2D eigenvalue weighted by Crippen LogP contribution is 2.30. The number of nitrogens with zero attached hydrogens (tertiary/aromatic N) is 2. The van der Waals surface area contributed by atoms with Gasteiger partial charge in [0, 0.05) is 31.9 Å². The van der Waals surface area contributed by atoms with Crippen LogP contribution >= 0.6 is 22.9 Å². The van der Waals surface area contributed by atoms with Crippen molar-refractivity contribution < 1.29 is 13.2 Å². The summed E-state index contributed by atoms with van der Waals surface area (Å²) in [5, 5.41) is 2.33. The molecular weight excluding hydrogens is 356 g/mol. The molecule has 0 spiro atoms. The molecule has 0 bridgehead atoms. The fourth-order valence-electron chi connectivity index (χ4n) is 2.58. The number of sulfonamides is 1. The fraction of sp³-hybridized carbons (Fsp3) is 0.333. The van der Waals surface area contributed by atoms with E-state index >= 15 is 0 Å². The zero-order chi connectivity index (χ0) is 16.4. The van der Waals surface area contributed by atoms with Gasteiger partial charge in [-0.2, -0.15) is 4.31 Å². The Kier molecular flexibility index (Phi) is 4.82. The Morgan fingerprint density at radius 3 is 2.48 bits per heavy atom. The Hall–Kier alpha value is -1.28. The smallest absolute Gasteiger partial charge is 0.252 e. The van der Waals surface area contributed by atoms with Crippen LogP contribution in [0.5, 0.6) is 5.75 Å². The molecule has 0 atom stereocenters. The second-order valence-corrected chi connectivity index (χ2v) is 8.66. The summed E-state index contributed by atoms with van der Waals surface area (Å²) in [7, 11) is -1.79. The number of piperazine rings is 1. The molecule has 1 saturated heterocycles. The molecule has 0 aliphatic carbocycles. The second kappa shape index (κ2) is 6.68. The van der Waals surface area contributed by atoms with Gasteiger partial charge in [0.1, 0.15) is 9.96 Å². The third-order valence-electron chi connectivity index (χ3n) is 3.83. The highest BCUT2D eigenvalue weighted by atomic mass is 35.5. The summed E-state index contributed by atoms with van der Waals surface area (Å²) in [6.07, 6.45) is 0. The molecular formula is C15H17ClN2O3S2. The zero-order valence-corrected chi connectivity index (χ0v) is 15.0. The van der Waals surface area contributed by atoms with Crippen LogP contribution < -0.4 is 9.64 Å². The lowest BCUT2D eigenvalue weighted by Gasteiger charge is -2.35. The molecule has 1 aliphatic heterocycles. The molecule has 5 nitrogen and oxygen atoms in total. The predicted molar refractivity (Wildman–Crippen MR) is 93.3 cm³/mol. The molecule has 0 saturated carbocycles. The van der Waals surface area contributed by atoms with Crippen LogP contribution in [0, 0.1) is 0 Å². The van der Waals surface area contributed by atoms with Gasteiger partial charge in [-0.3, -0.25) is 0 Å². The minimum Gasteiger partial charge on any atom is -0.495 e. The van der Waals surface area contributed by atoms with Crippen molar-refractivity contribution in [3.63, 3.8) is 0 Å². The summed E-state index contributed by atoms with van der Waals surface area (Å²) in [6, 6.07) is 9.02. The summed E-state index contributed by atoms with van der Waals surface area (Å²) in [4.78, 5) is 2.13. The lowest BCUT2D eigenvalue weighted by atomic mass is 10.2. The van der Waals surface area contributed by atoms with Crippen LogP contribution in [0.1, 0.15) is 0 Å².